The number of amides is 3. The minimum Gasteiger partial charge on any atom is -0.391 e. The van der Waals surface area contributed by atoms with Crippen molar-refractivity contribution < 1.29 is 24.7 Å². The van der Waals surface area contributed by atoms with Crippen LogP contribution >= 0.6 is 0 Å². The van der Waals surface area contributed by atoms with E-state index in [9.17, 15) is 19.5 Å². The summed E-state index contributed by atoms with van der Waals surface area (Å²) in [5.74, 6) is -1.57. The lowest BCUT2D eigenvalue weighted by atomic mass is 10.0. The van der Waals surface area contributed by atoms with Crippen molar-refractivity contribution in [3.8, 4) is 11.1 Å². The van der Waals surface area contributed by atoms with Crippen LogP contribution in [-0.4, -0.2) is 65.7 Å². The average Bonchev–Trinajstić information content (AvgIpc) is 2.71. The molecule has 0 aliphatic carbocycles. The van der Waals surface area contributed by atoms with Gasteiger partial charge in [0.1, 0.15) is 6.04 Å². The molecule has 160 valence electrons. The maximum Gasteiger partial charge on any atom is 0.268 e. The van der Waals surface area contributed by atoms with E-state index in [0.29, 0.717) is 17.8 Å². The Morgan fingerprint density at radius 3 is 1.97 bits per heavy atom. The summed E-state index contributed by atoms with van der Waals surface area (Å²) in [6.07, 6.45) is -1.18. The van der Waals surface area contributed by atoms with Gasteiger partial charge in [-0.15, -0.1) is 0 Å². The van der Waals surface area contributed by atoms with Crippen LogP contribution in [0.5, 0.6) is 0 Å². The Hall–Kier alpha value is -3.27. The van der Waals surface area contributed by atoms with E-state index in [1.807, 2.05) is 26.2 Å². The molecule has 0 aliphatic rings. The van der Waals surface area contributed by atoms with Gasteiger partial charge in [-0.2, -0.15) is 0 Å². The average molecular weight is 414 g/mol. The van der Waals surface area contributed by atoms with Crippen molar-refractivity contribution in [2.45, 2.75) is 19.1 Å². The number of rotatable bonds is 8. The number of anilines is 1. The number of carbonyl (C=O) groups is 3. The number of carbonyl (C=O) groups excluding carboxylic acids is 3. The fraction of sp³-hybridized carbons (Fsp3) is 0.286. The third-order valence-corrected chi connectivity index (χ3v) is 4.27. The first-order valence-electron chi connectivity index (χ1n) is 9.29. The molecule has 2 aromatic carbocycles. The van der Waals surface area contributed by atoms with E-state index >= 15 is 0 Å². The zero-order valence-electron chi connectivity index (χ0n) is 17.0. The van der Waals surface area contributed by atoms with E-state index in [-0.39, 0.29) is 5.91 Å². The van der Waals surface area contributed by atoms with Crippen LogP contribution in [0.15, 0.2) is 48.5 Å². The molecule has 0 saturated carbocycles. The van der Waals surface area contributed by atoms with Crippen LogP contribution < -0.4 is 16.1 Å². The molecule has 9 heteroatoms. The van der Waals surface area contributed by atoms with Crippen molar-refractivity contribution >= 4 is 23.4 Å². The quantitative estimate of drug-likeness (QED) is 0.321. The SMILES string of the molecule is C[C@@H](O)[C@H](NC(=O)c1ccc(-c2ccc(NC(=O)CN(C)C)cc2)cc1)C(=O)NO. The summed E-state index contributed by atoms with van der Waals surface area (Å²) in [5, 5.41) is 23.5. The van der Waals surface area contributed by atoms with Crippen LogP contribution in [0.4, 0.5) is 5.69 Å². The zero-order chi connectivity index (χ0) is 22.3. The fourth-order valence-electron chi connectivity index (χ4n) is 2.75. The molecular formula is C21H26N4O5. The molecule has 0 radical (unpaired) electrons. The second kappa shape index (κ2) is 10.5. The predicted molar refractivity (Wildman–Crippen MR) is 112 cm³/mol. The minimum atomic E-state index is -1.28. The number of benzene rings is 2. The van der Waals surface area contributed by atoms with Gasteiger partial charge in [0.15, 0.2) is 0 Å². The van der Waals surface area contributed by atoms with Gasteiger partial charge in [-0.05, 0) is 56.4 Å². The number of hydrogen-bond donors (Lipinski definition) is 5. The van der Waals surface area contributed by atoms with E-state index in [1.54, 1.807) is 41.3 Å². The minimum absolute atomic E-state index is 0.103. The second-order valence-corrected chi connectivity index (χ2v) is 7.11. The highest BCUT2D eigenvalue weighted by molar-refractivity contribution is 5.98. The summed E-state index contributed by atoms with van der Waals surface area (Å²) in [6.45, 7) is 1.62. The van der Waals surface area contributed by atoms with Gasteiger partial charge in [0.2, 0.25) is 5.91 Å². The maximum atomic E-state index is 12.3. The van der Waals surface area contributed by atoms with Crippen LogP contribution in [0.2, 0.25) is 0 Å². The van der Waals surface area contributed by atoms with E-state index in [0.717, 1.165) is 11.1 Å². The molecule has 0 aliphatic heterocycles. The molecule has 3 amide bonds. The normalized spacial score (nSPS) is 12.7. The molecule has 2 rings (SSSR count). The Labute approximate surface area is 174 Å². The Balaban J connectivity index is 2.05. The Bertz CT molecular complexity index is 879. The summed E-state index contributed by atoms with van der Waals surface area (Å²) in [7, 11) is 3.64. The summed E-state index contributed by atoms with van der Waals surface area (Å²) in [6, 6.07) is 12.7. The molecule has 0 fully saturated rings. The van der Waals surface area contributed by atoms with E-state index in [4.69, 9.17) is 5.21 Å². The first kappa shape index (κ1) is 23.0. The maximum absolute atomic E-state index is 12.3. The van der Waals surface area contributed by atoms with Gasteiger partial charge in [-0.3, -0.25) is 19.6 Å². The molecule has 0 heterocycles. The van der Waals surface area contributed by atoms with Gasteiger partial charge in [0.05, 0.1) is 12.6 Å². The van der Waals surface area contributed by atoms with Crippen LogP contribution in [0.25, 0.3) is 11.1 Å². The first-order valence-corrected chi connectivity index (χ1v) is 9.29. The topological polar surface area (TPSA) is 131 Å². The molecule has 2 aromatic rings. The second-order valence-electron chi connectivity index (χ2n) is 7.11. The van der Waals surface area contributed by atoms with Crippen LogP contribution in [-0.2, 0) is 9.59 Å². The van der Waals surface area contributed by atoms with E-state index in [1.165, 1.54) is 12.4 Å². The number of aliphatic hydroxyl groups is 1. The molecule has 0 unspecified atom stereocenters. The number of aliphatic hydroxyl groups excluding tert-OH is 1. The van der Waals surface area contributed by atoms with Crippen molar-refractivity contribution in [3.63, 3.8) is 0 Å². The van der Waals surface area contributed by atoms with Gasteiger partial charge >= 0.3 is 0 Å². The molecule has 2 atom stereocenters. The number of hydrogen-bond acceptors (Lipinski definition) is 6. The van der Waals surface area contributed by atoms with Crippen LogP contribution in [0.1, 0.15) is 17.3 Å². The van der Waals surface area contributed by atoms with Gasteiger partial charge in [-0.25, -0.2) is 5.48 Å². The predicted octanol–water partition coefficient (Wildman–Crippen LogP) is 0.838. The summed E-state index contributed by atoms with van der Waals surface area (Å²) >= 11 is 0. The van der Waals surface area contributed by atoms with E-state index < -0.39 is 24.0 Å². The number of hydroxylamine groups is 1. The van der Waals surface area contributed by atoms with E-state index in [2.05, 4.69) is 10.6 Å². The van der Waals surface area contributed by atoms with Gasteiger partial charge in [0.25, 0.3) is 11.8 Å². The molecule has 0 spiro atoms. The third-order valence-electron chi connectivity index (χ3n) is 4.27. The first-order chi connectivity index (χ1) is 14.2. The molecule has 9 nitrogen and oxygen atoms in total. The fourth-order valence-corrected chi connectivity index (χ4v) is 2.75. The van der Waals surface area contributed by atoms with Crippen molar-refractivity contribution in [1.82, 2.24) is 15.7 Å². The zero-order valence-corrected chi connectivity index (χ0v) is 17.0. The van der Waals surface area contributed by atoms with Crippen molar-refractivity contribution in [3.05, 3.63) is 54.1 Å². The summed E-state index contributed by atoms with van der Waals surface area (Å²) in [4.78, 5) is 37.5. The number of likely N-dealkylation sites (N-methyl/N-ethyl adjacent to an activating group) is 1. The van der Waals surface area contributed by atoms with Crippen LogP contribution in [0.3, 0.4) is 0 Å². The monoisotopic (exact) mass is 414 g/mol. The molecular weight excluding hydrogens is 388 g/mol. The summed E-state index contributed by atoms with van der Waals surface area (Å²) in [5.41, 5.74) is 4.16. The van der Waals surface area contributed by atoms with Crippen molar-refractivity contribution in [2.75, 3.05) is 26.0 Å². The number of nitrogens with one attached hydrogen (secondary N) is 3. The highest BCUT2D eigenvalue weighted by atomic mass is 16.5. The van der Waals surface area contributed by atoms with Gasteiger partial charge < -0.3 is 20.6 Å². The van der Waals surface area contributed by atoms with Crippen LogP contribution in [0, 0.1) is 0 Å². The molecule has 5 N–H and O–H groups in total. The Morgan fingerprint density at radius 2 is 1.50 bits per heavy atom. The van der Waals surface area contributed by atoms with Crippen molar-refractivity contribution in [2.24, 2.45) is 0 Å². The lowest BCUT2D eigenvalue weighted by molar-refractivity contribution is -0.133. The number of nitrogens with zero attached hydrogens (tertiary/aromatic N) is 1. The lowest BCUT2D eigenvalue weighted by Gasteiger charge is -2.19. The summed E-state index contributed by atoms with van der Waals surface area (Å²) < 4.78 is 0. The van der Waals surface area contributed by atoms with Gasteiger partial charge in [0, 0.05) is 11.3 Å². The lowest BCUT2D eigenvalue weighted by Crippen LogP contribution is -2.51. The Morgan fingerprint density at radius 1 is 0.967 bits per heavy atom. The smallest absolute Gasteiger partial charge is 0.268 e. The highest BCUT2D eigenvalue weighted by Crippen LogP contribution is 2.22. The molecule has 30 heavy (non-hydrogen) atoms. The highest BCUT2D eigenvalue weighted by Gasteiger charge is 2.25. The largest absolute Gasteiger partial charge is 0.391 e. The van der Waals surface area contributed by atoms with Crippen molar-refractivity contribution in [1.29, 1.82) is 0 Å². The Kier molecular flexibility index (Phi) is 8.05. The molecule has 0 saturated heterocycles. The molecule has 0 bridgehead atoms. The molecule has 0 aromatic heterocycles. The third kappa shape index (κ3) is 6.38. The van der Waals surface area contributed by atoms with Gasteiger partial charge in [-0.1, -0.05) is 24.3 Å². The standard InChI is InChI=1S/C21H26N4O5/c1-13(26)19(21(29)24-30)23-20(28)16-6-4-14(5-7-16)15-8-10-17(11-9-15)22-18(27)12-25(2)3/h4-11,13,19,26,30H,12H2,1-3H3,(H,22,27)(H,23,28)(H,24,29)/t13-,19+/m1/s1.